The van der Waals surface area contributed by atoms with Crippen LogP contribution in [0.1, 0.15) is 61.3 Å². The number of hydrogen-bond donors (Lipinski definition) is 1. The number of carbonyl (C=O) groups is 2. The molecule has 0 atom stereocenters. The van der Waals surface area contributed by atoms with Crippen molar-refractivity contribution in [3.05, 3.63) is 0 Å². The lowest BCUT2D eigenvalue weighted by Gasteiger charge is -2.09. The fourth-order valence-corrected chi connectivity index (χ4v) is 0.797. The molecular formula is C15H36N2O2. The van der Waals surface area contributed by atoms with Crippen molar-refractivity contribution in [1.82, 2.24) is 10.2 Å². The number of carbonyl (C=O) groups excluding carboxylic acids is 2. The number of amides is 1. The van der Waals surface area contributed by atoms with Crippen molar-refractivity contribution in [3.8, 4) is 0 Å². The van der Waals surface area contributed by atoms with Crippen molar-refractivity contribution >= 4 is 11.7 Å². The highest BCUT2D eigenvalue weighted by molar-refractivity contribution is 5.83. The van der Waals surface area contributed by atoms with Crippen molar-refractivity contribution < 1.29 is 9.59 Å². The van der Waals surface area contributed by atoms with E-state index >= 15 is 0 Å². The summed E-state index contributed by atoms with van der Waals surface area (Å²) in [5.74, 6) is 0.0137. The molecule has 0 radical (unpaired) electrons. The molecule has 4 nitrogen and oxygen atoms in total. The molecule has 0 aromatic rings. The van der Waals surface area contributed by atoms with Crippen LogP contribution in [0.25, 0.3) is 0 Å². The van der Waals surface area contributed by atoms with Crippen LogP contribution in [0, 0.1) is 0 Å². The van der Waals surface area contributed by atoms with Gasteiger partial charge >= 0.3 is 0 Å². The number of Topliss-reactive ketones (excluding diaryl/α,β-unsaturated/α-hetero) is 1. The minimum absolute atomic E-state index is 0.0444. The number of hydrogen-bond acceptors (Lipinski definition) is 3. The van der Waals surface area contributed by atoms with Crippen LogP contribution in [0.4, 0.5) is 0 Å². The van der Waals surface area contributed by atoms with Crippen LogP contribution in [0.3, 0.4) is 0 Å². The molecule has 0 fully saturated rings. The molecule has 0 saturated carbocycles. The second kappa shape index (κ2) is 25.8. The minimum atomic E-state index is -0.0444. The molecular weight excluding hydrogens is 240 g/mol. The molecule has 1 N–H and O–H groups in total. The molecule has 0 spiro atoms. The van der Waals surface area contributed by atoms with Crippen molar-refractivity contribution in [2.75, 3.05) is 27.2 Å². The Kier molecular flexibility index (Phi) is 36.2. The van der Waals surface area contributed by atoms with Gasteiger partial charge in [0, 0.05) is 25.9 Å². The number of nitrogens with zero attached hydrogens (tertiary/aromatic N) is 1. The van der Waals surface area contributed by atoms with Crippen molar-refractivity contribution in [2.45, 2.75) is 61.3 Å². The first kappa shape index (κ1) is 26.6. The second-order valence-electron chi connectivity index (χ2n) is 3.36. The molecule has 1 amide bonds. The third-order valence-electron chi connectivity index (χ3n) is 1.59. The van der Waals surface area contributed by atoms with E-state index in [1.807, 2.05) is 60.5 Å². The Morgan fingerprint density at radius 3 is 1.63 bits per heavy atom. The number of rotatable bonds is 6. The van der Waals surface area contributed by atoms with Crippen LogP contribution in [0.15, 0.2) is 0 Å². The minimum Gasteiger partial charge on any atom is -0.355 e. The first-order valence-corrected chi connectivity index (χ1v) is 7.43. The Morgan fingerprint density at radius 2 is 1.32 bits per heavy atom. The van der Waals surface area contributed by atoms with Crippen LogP contribution in [0.5, 0.6) is 0 Å². The van der Waals surface area contributed by atoms with Crippen molar-refractivity contribution in [1.29, 1.82) is 0 Å². The molecule has 0 unspecified atom stereocenters. The van der Waals surface area contributed by atoms with Crippen LogP contribution in [-0.4, -0.2) is 43.8 Å². The topological polar surface area (TPSA) is 49.4 Å². The molecule has 118 valence electrons. The van der Waals surface area contributed by atoms with Gasteiger partial charge < -0.3 is 15.0 Å². The van der Waals surface area contributed by atoms with Gasteiger partial charge in [-0.3, -0.25) is 4.79 Å². The van der Waals surface area contributed by atoms with Gasteiger partial charge in [0.25, 0.3) is 0 Å². The van der Waals surface area contributed by atoms with E-state index in [9.17, 15) is 9.59 Å². The summed E-state index contributed by atoms with van der Waals surface area (Å²) >= 11 is 0. The lowest BCUT2D eigenvalue weighted by Crippen LogP contribution is -2.31. The number of likely N-dealkylation sites (N-methyl/N-ethyl adjacent to an activating group) is 1. The normalized spacial score (nSPS) is 7.89. The Balaban J connectivity index is -0.000000163. The van der Waals surface area contributed by atoms with Crippen LogP contribution in [-0.2, 0) is 9.59 Å². The van der Waals surface area contributed by atoms with Gasteiger partial charge in [-0.25, -0.2) is 0 Å². The van der Waals surface area contributed by atoms with Gasteiger partial charge in [-0.05, 0) is 21.0 Å². The molecule has 0 aromatic heterocycles. The van der Waals surface area contributed by atoms with E-state index in [1.54, 1.807) is 0 Å². The fourth-order valence-electron chi connectivity index (χ4n) is 0.797. The van der Waals surface area contributed by atoms with Crippen LogP contribution >= 0.6 is 0 Å². The maximum absolute atomic E-state index is 11.0. The number of nitrogens with one attached hydrogen (secondary N) is 1. The van der Waals surface area contributed by atoms with E-state index in [0.29, 0.717) is 19.4 Å². The Morgan fingerprint density at radius 1 is 0.895 bits per heavy atom. The maximum Gasteiger partial charge on any atom is 0.220 e. The van der Waals surface area contributed by atoms with Gasteiger partial charge in [0.05, 0.1) is 0 Å². The van der Waals surface area contributed by atoms with Crippen LogP contribution < -0.4 is 5.32 Å². The van der Waals surface area contributed by atoms with Crippen molar-refractivity contribution in [2.24, 2.45) is 0 Å². The summed E-state index contributed by atoms with van der Waals surface area (Å²) in [5, 5.41) is 2.74. The summed E-state index contributed by atoms with van der Waals surface area (Å²) in [6.07, 6.45) is 0.649. The molecule has 19 heavy (non-hydrogen) atoms. The van der Waals surface area contributed by atoms with E-state index in [1.165, 1.54) is 6.92 Å². The standard InChI is InChI=1S/C9H18N2O2.3C2H6/c1-8(12)4-5-9(13)10-6-7-11(2)3;3*1-2/h4-7H2,1-3H3,(H,10,13);3*1-2H3. The summed E-state index contributed by atoms with van der Waals surface area (Å²) in [6.45, 7) is 15.0. The molecule has 0 aliphatic rings. The van der Waals surface area contributed by atoms with Gasteiger partial charge in [0.1, 0.15) is 5.78 Å². The van der Waals surface area contributed by atoms with Gasteiger partial charge in [-0.15, -0.1) is 0 Å². The van der Waals surface area contributed by atoms with Gasteiger partial charge in [-0.1, -0.05) is 41.5 Å². The quantitative estimate of drug-likeness (QED) is 0.811. The molecule has 4 heteroatoms. The summed E-state index contributed by atoms with van der Waals surface area (Å²) in [7, 11) is 3.89. The molecule has 0 aliphatic carbocycles. The molecule has 0 rings (SSSR count). The molecule has 0 bridgehead atoms. The van der Waals surface area contributed by atoms with Crippen molar-refractivity contribution in [3.63, 3.8) is 0 Å². The van der Waals surface area contributed by atoms with Gasteiger partial charge in [-0.2, -0.15) is 0 Å². The average Bonchev–Trinajstić information content (AvgIpc) is 2.43. The smallest absolute Gasteiger partial charge is 0.220 e. The van der Waals surface area contributed by atoms with E-state index in [4.69, 9.17) is 0 Å². The highest BCUT2D eigenvalue weighted by Crippen LogP contribution is 1.89. The Hall–Kier alpha value is -0.900. The van der Waals surface area contributed by atoms with Gasteiger partial charge in [0.2, 0.25) is 5.91 Å². The second-order valence-corrected chi connectivity index (χ2v) is 3.36. The average molecular weight is 276 g/mol. The summed E-state index contributed by atoms with van der Waals surface area (Å²) in [4.78, 5) is 23.6. The highest BCUT2D eigenvalue weighted by Gasteiger charge is 2.02. The molecule has 0 aromatic carbocycles. The zero-order chi connectivity index (χ0) is 16.3. The third-order valence-corrected chi connectivity index (χ3v) is 1.59. The van der Waals surface area contributed by atoms with E-state index < -0.39 is 0 Å². The predicted octanol–water partition coefficient (Wildman–Crippen LogP) is 3.11. The molecule has 0 saturated heterocycles. The summed E-state index contributed by atoms with van der Waals surface area (Å²) < 4.78 is 0. The summed E-state index contributed by atoms with van der Waals surface area (Å²) in [6, 6.07) is 0. The Bertz CT molecular complexity index is 181. The van der Waals surface area contributed by atoms with E-state index in [0.717, 1.165) is 6.54 Å². The third kappa shape index (κ3) is 38.2. The Labute approximate surface area is 120 Å². The monoisotopic (exact) mass is 276 g/mol. The van der Waals surface area contributed by atoms with Crippen LogP contribution in [0.2, 0.25) is 0 Å². The lowest BCUT2D eigenvalue weighted by atomic mass is 10.2. The number of ketones is 1. The first-order valence-electron chi connectivity index (χ1n) is 7.43. The first-order chi connectivity index (χ1) is 9.02. The maximum atomic E-state index is 11.0. The zero-order valence-electron chi connectivity index (χ0n) is 14.6. The largest absolute Gasteiger partial charge is 0.355 e. The SMILES string of the molecule is CC.CC.CC.CC(=O)CCC(=O)NCCN(C)C. The van der Waals surface area contributed by atoms with Gasteiger partial charge in [0.15, 0.2) is 0 Å². The van der Waals surface area contributed by atoms with E-state index in [2.05, 4.69) is 5.32 Å². The van der Waals surface area contributed by atoms with E-state index in [-0.39, 0.29) is 11.7 Å². The molecule has 0 heterocycles. The highest BCUT2D eigenvalue weighted by atomic mass is 16.2. The summed E-state index contributed by atoms with van der Waals surface area (Å²) in [5.41, 5.74) is 0. The fraction of sp³-hybridized carbons (Fsp3) is 0.867. The lowest BCUT2D eigenvalue weighted by molar-refractivity contribution is -0.124. The predicted molar refractivity (Wildman–Crippen MR) is 85.5 cm³/mol. The molecule has 0 aliphatic heterocycles. The zero-order valence-corrected chi connectivity index (χ0v) is 14.6.